The number of nitrogens with zero attached hydrogens (tertiary/aromatic N) is 3. The third-order valence-corrected chi connectivity index (χ3v) is 4.96. The predicted octanol–water partition coefficient (Wildman–Crippen LogP) is 3.63. The summed E-state index contributed by atoms with van der Waals surface area (Å²) in [7, 11) is 0. The molecule has 2 aromatic heterocycles. The van der Waals surface area contributed by atoms with E-state index in [-0.39, 0.29) is 18.0 Å². The van der Waals surface area contributed by atoms with Crippen LogP contribution in [0.25, 0.3) is 21.8 Å². The van der Waals surface area contributed by atoms with Gasteiger partial charge < -0.3 is 9.88 Å². The van der Waals surface area contributed by atoms with Gasteiger partial charge in [-0.05, 0) is 31.0 Å². The van der Waals surface area contributed by atoms with Gasteiger partial charge in [-0.2, -0.15) is 5.10 Å². The Morgan fingerprint density at radius 2 is 1.86 bits per heavy atom. The number of amides is 1. The maximum atomic E-state index is 13.0. The molecule has 4 aromatic rings. The monoisotopic (exact) mass is 374 g/mol. The van der Waals surface area contributed by atoms with Gasteiger partial charge in [-0.25, -0.2) is 4.68 Å². The van der Waals surface area contributed by atoms with Crippen molar-refractivity contribution in [1.82, 2.24) is 14.8 Å². The molecule has 142 valence electrons. The SMILES string of the molecule is CCCN(C(=O)Cn1ncc2c([nH]c3ccccc32)c1=O)c1ccccc1C. The second-order valence-corrected chi connectivity index (χ2v) is 6.90. The minimum absolute atomic E-state index is 0.0987. The van der Waals surface area contributed by atoms with Gasteiger partial charge in [-0.1, -0.05) is 43.3 Å². The number of aryl methyl sites for hydroxylation is 1. The fourth-order valence-electron chi connectivity index (χ4n) is 3.57. The van der Waals surface area contributed by atoms with Crippen molar-refractivity contribution in [3.8, 4) is 0 Å². The van der Waals surface area contributed by atoms with E-state index in [4.69, 9.17) is 0 Å². The zero-order chi connectivity index (χ0) is 19.7. The molecule has 1 N–H and O–H groups in total. The summed E-state index contributed by atoms with van der Waals surface area (Å²) in [6.07, 6.45) is 2.48. The van der Waals surface area contributed by atoms with E-state index in [1.165, 1.54) is 4.68 Å². The number of hydrogen-bond donors (Lipinski definition) is 1. The molecule has 0 saturated carbocycles. The molecule has 6 nitrogen and oxygen atoms in total. The van der Waals surface area contributed by atoms with Gasteiger partial charge in [0.15, 0.2) is 0 Å². The second kappa shape index (κ2) is 7.31. The minimum Gasteiger partial charge on any atom is -0.350 e. The van der Waals surface area contributed by atoms with Crippen molar-refractivity contribution >= 4 is 33.4 Å². The molecule has 2 heterocycles. The highest BCUT2D eigenvalue weighted by Crippen LogP contribution is 2.22. The standard InChI is InChI=1S/C22H22N4O2/c1-3-12-25(19-11-7-4-8-15(19)2)20(27)14-26-22(28)21-17(13-23-26)16-9-5-6-10-18(16)24-21/h4-11,13,24H,3,12,14H2,1-2H3. The van der Waals surface area contributed by atoms with Crippen LogP contribution in [0.4, 0.5) is 5.69 Å². The van der Waals surface area contributed by atoms with Gasteiger partial charge in [0.25, 0.3) is 5.56 Å². The van der Waals surface area contributed by atoms with Crippen LogP contribution in [0.5, 0.6) is 0 Å². The lowest BCUT2D eigenvalue weighted by Gasteiger charge is -2.24. The number of aromatic nitrogens is 3. The number of anilines is 1. The summed E-state index contributed by atoms with van der Waals surface area (Å²) in [5, 5.41) is 5.99. The first-order chi connectivity index (χ1) is 13.6. The van der Waals surface area contributed by atoms with E-state index in [0.717, 1.165) is 34.0 Å². The summed E-state index contributed by atoms with van der Waals surface area (Å²) in [4.78, 5) is 30.8. The number of benzene rings is 2. The molecule has 1 amide bonds. The molecular weight excluding hydrogens is 352 g/mol. The van der Waals surface area contributed by atoms with Crippen LogP contribution in [-0.4, -0.2) is 27.2 Å². The molecule has 4 rings (SSSR count). The van der Waals surface area contributed by atoms with E-state index in [0.29, 0.717) is 12.1 Å². The Hall–Kier alpha value is -3.41. The number of carbonyl (C=O) groups is 1. The number of H-pyrrole nitrogens is 1. The Labute approximate surface area is 162 Å². The number of carbonyl (C=O) groups excluding carboxylic acids is 1. The fraction of sp³-hybridized carbons (Fsp3) is 0.227. The summed E-state index contributed by atoms with van der Waals surface area (Å²) in [6, 6.07) is 15.5. The highest BCUT2D eigenvalue weighted by Gasteiger charge is 2.19. The van der Waals surface area contributed by atoms with Crippen LogP contribution in [0.2, 0.25) is 0 Å². The molecule has 0 aliphatic carbocycles. The highest BCUT2D eigenvalue weighted by atomic mass is 16.2. The van der Waals surface area contributed by atoms with Crippen molar-refractivity contribution in [1.29, 1.82) is 0 Å². The number of nitrogens with one attached hydrogen (secondary N) is 1. The van der Waals surface area contributed by atoms with E-state index in [1.54, 1.807) is 11.1 Å². The summed E-state index contributed by atoms with van der Waals surface area (Å²) >= 11 is 0. The molecule has 0 radical (unpaired) electrons. The van der Waals surface area contributed by atoms with E-state index in [1.807, 2.05) is 62.4 Å². The van der Waals surface area contributed by atoms with Crippen molar-refractivity contribution in [3.63, 3.8) is 0 Å². The van der Waals surface area contributed by atoms with Gasteiger partial charge in [0, 0.05) is 28.5 Å². The maximum absolute atomic E-state index is 13.0. The Balaban J connectivity index is 1.71. The predicted molar refractivity (Wildman–Crippen MR) is 112 cm³/mol. The summed E-state index contributed by atoms with van der Waals surface area (Å²) < 4.78 is 1.24. The first kappa shape index (κ1) is 18.0. The summed E-state index contributed by atoms with van der Waals surface area (Å²) in [5.74, 6) is -0.152. The number of para-hydroxylation sites is 2. The topological polar surface area (TPSA) is 71.0 Å². The smallest absolute Gasteiger partial charge is 0.291 e. The van der Waals surface area contributed by atoms with Crippen molar-refractivity contribution in [3.05, 3.63) is 70.6 Å². The van der Waals surface area contributed by atoms with Crippen LogP contribution in [0.1, 0.15) is 18.9 Å². The molecule has 6 heteroatoms. The molecule has 0 atom stereocenters. The molecule has 0 aliphatic rings. The molecule has 2 aromatic carbocycles. The van der Waals surface area contributed by atoms with Crippen LogP contribution in [-0.2, 0) is 11.3 Å². The Morgan fingerprint density at radius 1 is 1.11 bits per heavy atom. The van der Waals surface area contributed by atoms with Crippen LogP contribution in [0.3, 0.4) is 0 Å². The molecule has 0 aliphatic heterocycles. The van der Waals surface area contributed by atoms with Crippen molar-refractivity contribution in [2.75, 3.05) is 11.4 Å². The zero-order valence-corrected chi connectivity index (χ0v) is 16.0. The molecule has 28 heavy (non-hydrogen) atoms. The van der Waals surface area contributed by atoms with Crippen molar-refractivity contribution in [2.24, 2.45) is 0 Å². The largest absolute Gasteiger partial charge is 0.350 e. The third kappa shape index (κ3) is 3.07. The zero-order valence-electron chi connectivity index (χ0n) is 16.0. The molecule has 0 spiro atoms. The average Bonchev–Trinajstić information content (AvgIpc) is 3.08. The van der Waals surface area contributed by atoms with Crippen LogP contribution < -0.4 is 10.5 Å². The normalized spacial score (nSPS) is 11.2. The van der Waals surface area contributed by atoms with Crippen LogP contribution in [0.15, 0.2) is 59.5 Å². The van der Waals surface area contributed by atoms with Gasteiger partial charge in [-0.15, -0.1) is 0 Å². The minimum atomic E-state index is -0.289. The average molecular weight is 374 g/mol. The van der Waals surface area contributed by atoms with E-state index in [2.05, 4.69) is 10.1 Å². The Morgan fingerprint density at radius 3 is 2.64 bits per heavy atom. The van der Waals surface area contributed by atoms with Gasteiger partial charge in [0.05, 0.1) is 6.20 Å². The van der Waals surface area contributed by atoms with E-state index >= 15 is 0 Å². The number of fused-ring (bicyclic) bond motifs is 3. The van der Waals surface area contributed by atoms with Gasteiger partial charge in [0.1, 0.15) is 12.1 Å². The third-order valence-electron chi connectivity index (χ3n) is 4.96. The first-order valence-corrected chi connectivity index (χ1v) is 9.42. The Bertz CT molecular complexity index is 1220. The maximum Gasteiger partial charge on any atom is 0.291 e. The molecule has 0 unspecified atom stereocenters. The van der Waals surface area contributed by atoms with Crippen LogP contribution in [0, 0.1) is 6.92 Å². The summed E-state index contributed by atoms with van der Waals surface area (Å²) in [6.45, 7) is 4.50. The number of hydrogen-bond acceptors (Lipinski definition) is 3. The second-order valence-electron chi connectivity index (χ2n) is 6.90. The van der Waals surface area contributed by atoms with Crippen LogP contribution >= 0.6 is 0 Å². The number of rotatable bonds is 5. The molecule has 0 saturated heterocycles. The number of aromatic amines is 1. The van der Waals surface area contributed by atoms with E-state index in [9.17, 15) is 9.59 Å². The lowest BCUT2D eigenvalue weighted by Crippen LogP contribution is -2.38. The van der Waals surface area contributed by atoms with Crippen molar-refractivity contribution < 1.29 is 4.79 Å². The van der Waals surface area contributed by atoms with Gasteiger partial charge >= 0.3 is 0 Å². The first-order valence-electron chi connectivity index (χ1n) is 9.42. The molecule has 0 bridgehead atoms. The molecule has 0 fully saturated rings. The van der Waals surface area contributed by atoms with Gasteiger partial charge in [0.2, 0.25) is 5.91 Å². The van der Waals surface area contributed by atoms with Gasteiger partial charge in [-0.3, -0.25) is 9.59 Å². The Kier molecular flexibility index (Phi) is 4.69. The lowest BCUT2D eigenvalue weighted by molar-refractivity contribution is -0.119. The van der Waals surface area contributed by atoms with Crippen molar-refractivity contribution in [2.45, 2.75) is 26.8 Å². The summed E-state index contributed by atoms with van der Waals surface area (Å²) in [5.41, 5.74) is 2.96. The molecular formula is C22H22N4O2. The fourth-order valence-corrected chi connectivity index (χ4v) is 3.57. The lowest BCUT2D eigenvalue weighted by atomic mass is 10.1. The quantitative estimate of drug-likeness (QED) is 0.580. The highest BCUT2D eigenvalue weighted by molar-refractivity contribution is 6.06. The van der Waals surface area contributed by atoms with E-state index < -0.39 is 0 Å².